The number of hydrazone groups is 1. The summed E-state index contributed by atoms with van der Waals surface area (Å²) < 4.78 is 1.89. The van der Waals surface area contributed by atoms with Crippen LogP contribution in [0.25, 0.3) is 10.9 Å². The van der Waals surface area contributed by atoms with Crippen LogP contribution in [-0.2, 0) is 16.6 Å². The Bertz CT molecular complexity index is 1030. The van der Waals surface area contributed by atoms with Crippen molar-refractivity contribution >= 4 is 34.8 Å². The number of aryl methyl sites for hydroxylation is 1. The van der Waals surface area contributed by atoms with Gasteiger partial charge in [-0.25, -0.2) is 5.43 Å². The fraction of sp³-hybridized carbons (Fsp3) is 0.520. The van der Waals surface area contributed by atoms with E-state index in [1.54, 1.807) is 6.21 Å². The summed E-state index contributed by atoms with van der Waals surface area (Å²) in [7, 11) is 1.88. The van der Waals surface area contributed by atoms with Crippen LogP contribution in [-0.4, -0.2) is 40.6 Å². The second-order valence-corrected chi connectivity index (χ2v) is 9.31. The topological polar surface area (TPSA) is 105 Å². The number of benzene rings is 1. The SMILES string of the molecule is CC(=O)NN=CC(CC(C)C)NC(=O)[C@@H]1CCCC[C@@H]1NC(=O)c1cc2ccccc2n1C. The van der Waals surface area contributed by atoms with Crippen LogP contribution in [0.15, 0.2) is 35.4 Å². The summed E-state index contributed by atoms with van der Waals surface area (Å²) in [5.74, 6) is -0.473. The van der Waals surface area contributed by atoms with Crippen molar-refractivity contribution in [3.05, 3.63) is 36.0 Å². The number of carbonyl (C=O) groups excluding carboxylic acids is 3. The molecule has 3 rings (SSSR count). The van der Waals surface area contributed by atoms with Crippen LogP contribution >= 0.6 is 0 Å². The largest absolute Gasteiger partial charge is 0.348 e. The number of nitrogens with one attached hydrogen (secondary N) is 3. The van der Waals surface area contributed by atoms with E-state index >= 15 is 0 Å². The highest BCUT2D eigenvalue weighted by atomic mass is 16.2. The first-order chi connectivity index (χ1) is 15.8. The molecule has 178 valence electrons. The molecule has 0 spiro atoms. The van der Waals surface area contributed by atoms with Crippen molar-refractivity contribution in [2.24, 2.45) is 24.0 Å². The lowest BCUT2D eigenvalue weighted by molar-refractivity contribution is -0.127. The molecule has 1 aliphatic carbocycles. The van der Waals surface area contributed by atoms with Crippen molar-refractivity contribution in [2.45, 2.75) is 65.0 Å². The van der Waals surface area contributed by atoms with E-state index in [2.05, 4.69) is 35.0 Å². The number of hydrogen-bond donors (Lipinski definition) is 3. The zero-order valence-electron chi connectivity index (χ0n) is 19.9. The van der Waals surface area contributed by atoms with Crippen LogP contribution in [0.5, 0.6) is 0 Å². The van der Waals surface area contributed by atoms with Gasteiger partial charge in [-0.3, -0.25) is 14.4 Å². The van der Waals surface area contributed by atoms with E-state index < -0.39 is 0 Å². The van der Waals surface area contributed by atoms with Gasteiger partial charge in [-0.05, 0) is 37.3 Å². The minimum Gasteiger partial charge on any atom is -0.348 e. The van der Waals surface area contributed by atoms with Crippen LogP contribution in [0.4, 0.5) is 0 Å². The minimum absolute atomic E-state index is 0.0861. The summed E-state index contributed by atoms with van der Waals surface area (Å²) in [4.78, 5) is 37.4. The van der Waals surface area contributed by atoms with Crippen LogP contribution in [0.1, 0.15) is 63.4 Å². The van der Waals surface area contributed by atoms with E-state index in [1.165, 1.54) is 6.92 Å². The Morgan fingerprint density at radius 3 is 2.61 bits per heavy atom. The minimum atomic E-state index is -0.304. The molecule has 1 saturated carbocycles. The van der Waals surface area contributed by atoms with E-state index in [9.17, 15) is 14.4 Å². The van der Waals surface area contributed by atoms with Crippen LogP contribution in [0, 0.1) is 11.8 Å². The second-order valence-electron chi connectivity index (χ2n) is 9.31. The number of para-hydroxylation sites is 1. The van der Waals surface area contributed by atoms with Gasteiger partial charge in [0.25, 0.3) is 5.91 Å². The van der Waals surface area contributed by atoms with Gasteiger partial charge >= 0.3 is 0 Å². The average Bonchev–Trinajstić information content (AvgIpc) is 3.10. The molecule has 0 radical (unpaired) electrons. The summed E-state index contributed by atoms with van der Waals surface area (Å²) >= 11 is 0. The number of amides is 3. The molecule has 0 aliphatic heterocycles. The Hall–Kier alpha value is -3.16. The fourth-order valence-corrected chi connectivity index (χ4v) is 4.54. The maximum absolute atomic E-state index is 13.2. The van der Waals surface area contributed by atoms with Crippen molar-refractivity contribution in [3.8, 4) is 0 Å². The van der Waals surface area contributed by atoms with Crippen molar-refractivity contribution < 1.29 is 14.4 Å². The second kappa shape index (κ2) is 11.1. The molecule has 3 N–H and O–H groups in total. The molecule has 1 aliphatic rings. The average molecular weight is 454 g/mol. The summed E-state index contributed by atoms with van der Waals surface area (Å²) in [5, 5.41) is 11.2. The molecule has 0 bridgehead atoms. The highest BCUT2D eigenvalue weighted by Crippen LogP contribution is 2.26. The number of fused-ring (bicyclic) bond motifs is 1. The molecule has 1 fully saturated rings. The van der Waals surface area contributed by atoms with Crippen molar-refractivity contribution in [2.75, 3.05) is 0 Å². The van der Waals surface area contributed by atoms with Crippen molar-refractivity contribution in [1.29, 1.82) is 0 Å². The van der Waals surface area contributed by atoms with Crippen molar-refractivity contribution in [1.82, 2.24) is 20.6 Å². The summed E-state index contributed by atoms with van der Waals surface area (Å²) in [5.41, 5.74) is 3.97. The van der Waals surface area contributed by atoms with Gasteiger partial charge in [0.1, 0.15) is 5.69 Å². The van der Waals surface area contributed by atoms with E-state index in [1.807, 2.05) is 41.9 Å². The molecule has 1 unspecified atom stereocenters. The van der Waals surface area contributed by atoms with Gasteiger partial charge in [0.15, 0.2) is 0 Å². The molecular weight excluding hydrogens is 418 g/mol. The smallest absolute Gasteiger partial charge is 0.268 e. The Kier molecular flexibility index (Phi) is 8.25. The predicted octanol–water partition coefficient (Wildman–Crippen LogP) is 3.12. The Labute approximate surface area is 195 Å². The third-order valence-electron chi connectivity index (χ3n) is 6.13. The summed E-state index contributed by atoms with van der Waals surface area (Å²) in [6.07, 6.45) is 5.70. The molecular formula is C25H35N5O3. The van der Waals surface area contributed by atoms with Crippen LogP contribution in [0.2, 0.25) is 0 Å². The van der Waals surface area contributed by atoms with E-state index in [0.717, 1.165) is 36.6 Å². The number of aromatic nitrogens is 1. The van der Waals surface area contributed by atoms with Crippen molar-refractivity contribution in [3.63, 3.8) is 0 Å². The molecule has 1 aromatic carbocycles. The highest BCUT2D eigenvalue weighted by molar-refractivity contribution is 5.99. The van der Waals surface area contributed by atoms with Crippen LogP contribution < -0.4 is 16.1 Å². The van der Waals surface area contributed by atoms with E-state index in [0.29, 0.717) is 18.0 Å². The number of hydrogen-bond acceptors (Lipinski definition) is 4. The van der Waals surface area contributed by atoms with Gasteiger partial charge in [0, 0.05) is 37.1 Å². The fourth-order valence-electron chi connectivity index (χ4n) is 4.54. The van der Waals surface area contributed by atoms with E-state index in [-0.39, 0.29) is 35.7 Å². The van der Waals surface area contributed by atoms with Gasteiger partial charge in [0.05, 0.1) is 12.0 Å². The normalized spacial score (nSPS) is 19.5. The first kappa shape index (κ1) is 24.5. The Balaban J connectivity index is 1.70. The maximum Gasteiger partial charge on any atom is 0.268 e. The summed E-state index contributed by atoms with van der Waals surface area (Å²) in [6.45, 7) is 5.52. The zero-order valence-corrected chi connectivity index (χ0v) is 19.9. The number of nitrogens with zero attached hydrogens (tertiary/aromatic N) is 2. The molecule has 8 heteroatoms. The third kappa shape index (κ3) is 6.43. The predicted molar refractivity (Wildman–Crippen MR) is 130 cm³/mol. The standard InChI is InChI=1S/C25H35N5O3/c1-16(2)13-19(15-26-29-17(3)31)27-24(32)20-10-6-7-11-21(20)28-25(33)23-14-18-9-5-8-12-22(18)30(23)4/h5,8-9,12,14-16,19-21H,6-7,10-11,13H2,1-4H3,(H,27,32)(H,28,33)(H,29,31)/t19?,20-,21+/m1/s1. The van der Waals surface area contributed by atoms with Crippen LogP contribution in [0.3, 0.4) is 0 Å². The molecule has 3 atom stereocenters. The molecule has 1 aromatic heterocycles. The van der Waals surface area contributed by atoms with Gasteiger partial charge in [-0.15, -0.1) is 0 Å². The molecule has 2 aromatic rings. The lowest BCUT2D eigenvalue weighted by atomic mass is 9.83. The first-order valence-electron chi connectivity index (χ1n) is 11.7. The Morgan fingerprint density at radius 1 is 1.18 bits per heavy atom. The van der Waals surface area contributed by atoms with Gasteiger partial charge in [0.2, 0.25) is 11.8 Å². The van der Waals surface area contributed by atoms with E-state index in [4.69, 9.17) is 0 Å². The molecule has 33 heavy (non-hydrogen) atoms. The first-order valence-corrected chi connectivity index (χ1v) is 11.7. The molecule has 0 saturated heterocycles. The Morgan fingerprint density at radius 2 is 1.91 bits per heavy atom. The molecule has 3 amide bonds. The number of rotatable bonds is 8. The molecule has 1 heterocycles. The quantitative estimate of drug-likeness (QED) is 0.422. The maximum atomic E-state index is 13.2. The van der Waals surface area contributed by atoms with Gasteiger partial charge < -0.3 is 15.2 Å². The number of carbonyl (C=O) groups is 3. The zero-order chi connectivity index (χ0) is 24.0. The lowest BCUT2D eigenvalue weighted by Crippen LogP contribution is -2.51. The monoisotopic (exact) mass is 453 g/mol. The third-order valence-corrected chi connectivity index (χ3v) is 6.13. The highest BCUT2D eigenvalue weighted by Gasteiger charge is 2.33. The molecule has 8 nitrogen and oxygen atoms in total. The summed E-state index contributed by atoms with van der Waals surface area (Å²) in [6, 6.07) is 9.25. The lowest BCUT2D eigenvalue weighted by Gasteiger charge is -2.32. The van der Waals surface area contributed by atoms with Gasteiger partial charge in [-0.2, -0.15) is 5.10 Å². The van der Waals surface area contributed by atoms with Gasteiger partial charge in [-0.1, -0.05) is 44.9 Å².